The van der Waals surface area contributed by atoms with E-state index in [2.05, 4.69) is 36.7 Å². The molecule has 0 radical (unpaired) electrons. The molecule has 0 fully saturated rings. The molecule has 0 unspecified atom stereocenters. The molecule has 2 rings (SSSR count). The summed E-state index contributed by atoms with van der Waals surface area (Å²) < 4.78 is 0. The molecule has 2 heterocycles. The molecule has 1 aliphatic rings. The molecular formula is C11H16N2. The Morgan fingerprint density at radius 3 is 2.85 bits per heavy atom. The SMILES string of the molecule is CC(C)(C)N1CCc2cnccc21. The molecule has 1 aromatic rings. The standard InChI is InChI=1S/C11H16N2/c1-11(2,3)13-7-5-9-8-12-6-4-10(9)13/h4,6,8H,5,7H2,1-3H3. The van der Waals surface area contributed by atoms with Crippen molar-refractivity contribution >= 4 is 5.69 Å². The van der Waals surface area contributed by atoms with E-state index in [0.29, 0.717) is 0 Å². The average molecular weight is 176 g/mol. The zero-order valence-electron chi connectivity index (χ0n) is 8.54. The van der Waals surface area contributed by atoms with Crippen LogP contribution in [0.2, 0.25) is 0 Å². The van der Waals surface area contributed by atoms with Gasteiger partial charge in [0.05, 0.1) is 0 Å². The van der Waals surface area contributed by atoms with Crippen molar-refractivity contribution in [1.29, 1.82) is 0 Å². The zero-order valence-corrected chi connectivity index (χ0v) is 8.54. The summed E-state index contributed by atoms with van der Waals surface area (Å²) in [6.45, 7) is 7.89. The van der Waals surface area contributed by atoms with E-state index < -0.39 is 0 Å². The largest absolute Gasteiger partial charge is 0.366 e. The van der Waals surface area contributed by atoms with Crippen molar-refractivity contribution in [3.05, 3.63) is 24.0 Å². The number of hydrogen-bond acceptors (Lipinski definition) is 2. The van der Waals surface area contributed by atoms with Gasteiger partial charge in [-0.25, -0.2) is 0 Å². The maximum absolute atomic E-state index is 4.15. The molecule has 0 bridgehead atoms. The molecule has 0 aliphatic carbocycles. The first-order valence-corrected chi connectivity index (χ1v) is 4.79. The number of rotatable bonds is 0. The van der Waals surface area contributed by atoms with Gasteiger partial charge in [0.2, 0.25) is 0 Å². The van der Waals surface area contributed by atoms with Gasteiger partial charge in [0.25, 0.3) is 0 Å². The molecule has 0 atom stereocenters. The molecule has 0 saturated carbocycles. The van der Waals surface area contributed by atoms with Crippen LogP contribution in [-0.4, -0.2) is 17.1 Å². The molecule has 0 N–H and O–H groups in total. The van der Waals surface area contributed by atoms with E-state index in [1.54, 1.807) is 0 Å². The van der Waals surface area contributed by atoms with Gasteiger partial charge in [-0.3, -0.25) is 4.98 Å². The Morgan fingerprint density at radius 2 is 2.15 bits per heavy atom. The molecular weight excluding hydrogens is 160 g/mol. The van der Waals surface area contributed by atoms with Crippen molar-refractivity contribution in [2.45, 2.75) is 32.7 Å². The Hall–Kier alpha value is -1.05. The highest BCUT2D eigenvalue weighted by molar-refractivity contribution is 5.58. The summed E-state index contributed by atoms with van der Waals surface area (Å²) in [5.41, 5.74) is 2.98. The molecule has 13 heavy (non-hydrogen) atoms. The fourth-order valence-corrected chi connectivity index (χ4v) is 1.93. The van der Waals surface area contributed by atoms with Crippen LogP contribution in [0.5, 0.6) is 0 Å². The summed E-state index contributed by atoms with van der Waals surface area (Å²) in [7, 11) is 0. The maximum Gasteiger partial charge on any atom is 0.0434 e. The number of pyridine rings is 1. The lowest BCUT2D eigenvalue weighted by Gasteiger charge is -2.34. The minimum absolute atomic E-state index is 0.229. The summed E-state index contributed by atoms with van der Waals surface area (Å²) in [4.78, 5) is 6.59. The number of fused-ring (bicyclic) bond motifs is 1. The Bertz CT molecular complexity index is 312. The van der Waals surface area contributed by atoms with Crippen LogP contribution in [0.3, 0.4) is 0 Å². The van der Waals surface area contributed by atoms with E-state index in [0.717, 1.165) is 13.0 Å². The Morgan fingerprint density at radius 1 is 1.38 bits per heavy atom. The molecule has 0 saturated heterocycles. The maximum atomic E-state index is 4.15. The fraction of sp³-hybridized carbons (Fsp3) is 0.545. The lowest BCUT2D eigenvalue weighted by Crippen LogP contribution is -2.40. The quantitative estimate of drug-likeness (QED) is 0.602. The number of anilines is 1. The highest BCUT2D eigenvalue weighted by atomic mass is 15.2. The van der Waals surface area contributed by atoms with Crippen molar-refractivity contribution in [1.82, 2.24) is 4.98 Å². The van der Waals surface area contributed by atoms with E-state index >= 15 is 0 Å². The molecule has 1 aliphatic heterocycles. The monoisotopic (exact) mass is 176 g/mol. The molecule has 1 aromatic heterocycles. The van der Waals surface area contributed by atoms with Gasteiger partial charge in [0, 0.05) is 30.2 Å². The Kier molecular flexibility index (Phi) is 1.79. The first-order valence-electron chi connectivity index (χ1n) is 4.79. The second-order valence-electron chi connectivity index (χ2n) is 4.58. The van der Waals surface area contributed by atoms with Crippen LogP contribution >= 0.6 is 0 Å². The topological polar surface area (TPSA) is 16.1 Å². The van der Waals surface area contributed by atoms with Gasteiger partial charge < -0.3 is 4.90 Å². The van der Waals surface area contributed by atoms with E-state index in [4.69, 9.17) is 0 Å². The molecule has 2 nitrogen and oxygen atoms in total. The van der Waals surface area contributed by atoms with Gasteiger partial charge in [0.15, 0.2) is 0 Å². The number of aromatic nitrogens is 1. The van der Waals surface area contributed by atoms with E-state index in [1.165, 1.54) is 11.3 Å². The fourth-order valence-electron chi connectivity index (χ4n) is 1.93. The van der Waals surface area contributed by atoms with Gasteiger partial charge in [-0.05, 0) is 38.8 Å². The van der Waals surface area contributed by atoms with Gasteiger partial charge in [-0.15, -0.1) is 0 Å². The number of hydrogen-bond donors (Lipinski definition) is 0. The second kappa shape index (κ2) is 2.72. The van der Waals surface area contributed by atoms with Crippen molar-refractivity contribution in [3.8, 4) is 0 Å². The van der Waals surface area contributed by atoms with Crippen LogP contribution in [0.1, 0.15) is 26.3 Å². The van der Waals surface area contributed by atoms with E-state index in [1.807, 2.05) is 12.4 Å². The van der Waals surface area contributed by atoms with Crippen molar-refractivity contribution in [3.63, 3.8) is 0 Å². The van der Waals surface area contributed by atoms with Crippen LogP contribution in [-0.2, 0) is 6.42 Å². The highest BCUT2D eigenvalue weighted by Gasteiger charge is 2.27. The molecule has 2 heteroatoms. The summed E-state index contributed by atoms with van der Waals surface area (Å²) in [6, 6.07) is 2.12. The van der Waals surface area contributed by atoms with Gasteiger partial charge in [0.1, 0.15) is 0 Å². The van der Waals surface area contributed by atoms with Gasteiger partial charge >= 0.3 is 0 Å². The summed E-state index contributed by atoms with van der Waals surface area (Å²) in [5.74, 6) is 0. The molecule has 0 aromatic carbocycles. The lowest BCUT2D eigenvalue weighted by atomic mass is 10.1. The van der Waals surface area contributed by atoms with Crippen LogP contribution in [0.15, 0.2) is 18.5 Å². The predicted octanol–water partition coefficient (Wildman–Crippen LogP) is 2.24. The van der Waals surface area contributed by atoms with Crippen LogP contribution in [0, 0.1) is 0 Å². The normalized spacial score (nSPS) is 16.1. The van der Waals surface area contributed by atoms with E-state index in [-0.39, 0.29) is 5.54 Å². The smallest absolute Gasteiger partial charge is 0.0434 e. The summed E-state index contributed by atoms with van der Waals surface area (Å²) in [6.07, 6.45) is 5.00. The number of nitrogens with zero attached hydrogens (tertiary/aromatic N) is 2. The first-order chi connectivity index (χ1) is 6.09. The van der Waals surface area contributed by atoms with Crippen LogP contribution < -0.4 is 4.90 Å². The third kappa shape index (κ3) is 1.41. The van der Waals surface area contributed by atoms with Crippen LogP contribution in [0.25, 0.3) is 0 Å². The Balaban J connectivity index is 2.39. The summed E-state index contributed by atoms with van der Waals surface area (Å²) >= 11 is 0. The molecule has 0 spiro atoms. The van der Waals surface area contributed by atoms with Gasteiger partial charge in [-0.1, -0.05) is 0 Å². The Labute approximate surface area is 79.6 Å². The van der Waals surface area contributed by atoms with Crippen LogP contribution in [0.4, 0.5) is 5.69 Å². The molecule has 70 valence electrons. The summed E-state index contributed by atoms with van der Waals surface area (Å²) in [5, 5.41) is 0. The third-order valence-corrected chi connectivity index (χ3v) is 2.58. The predicted molar refractivity (Wildman–Crippen MR) is 55.0 cm³/mol. The molecule has 0 amide bonds. The highest BCUT2D eigenvalue weighted by Crippen LogP contribution is 2.32. The van der Waals surface area contributed by atoms with Crippen molar-refractivity contribution in [2.24, 2.45) is 0 Å². The third-order valence-electron chi connectivity index (χ3n) is 2.58. The van der Waals surface area contributed by atoms with Crippen molar-refractivity contribution < 1.29 is 0 Å². The minimum Gasteiger partial charge on any atom is -0.366 e. The average Bonchev–Trinajstić information content (AvgIpc) is 2.45. The second-order valence-corrected chi connectivity index (χ2v) is 4.58. The van der Waals surface area contributed by atoms with Crippen molar-refractivity contribution in [2.75, 3.05) is 11.4 Å². The first kappa shape index (κ1) is 8.54. The zero-order chi connectivity index (χ0) is 9.47. The minimum atomic E-state index is 0.229. The lowest BCUT2D eigenvalue weighted by molar-refractivity contribution is 0.518. The van der Waals surface area contributed by atoms with Gasteiger partial charge in [-0.2, -0.15) is 0 Å². The van der Waals surface area contributed by atoms with E-state index in [9.17, 15) is 0 Å².